The number of nitrogens with two attached hydrogens (primary N) is 1. The average molecular weight is 205 g/mol. The smallest absolute Gasteiger partial charge is 0.247 e. The van der Waals surface area contributed by atoms with Crippen molar-refractivity contribution < 1.29 is 4.74 Å². The van der Waals surface area contributed by atoms with Crippen LogP contribution in [0.25, 0.3) is 17.4 Å². The van der Waals surface area contributed by atoms with E-state index in [9.17, 15) is 0 Å². The topological polar surface area (TPSA) is 78.8 Å². The van der Waals surface area contributed by atoms with Gasteiger partial charge in [-0.3, -0.25) is 4.57 Å². The minimum absolute atomic E-state index is 0.162. The number of rotatable bonds is 3. The van der Waals surface area contributed by atoms with E-state index in [0.29, 0.717) is 23.7 Å². The molecule has 2 heterocycles. The molecule has 78 valence electrons. The van der Waals surface area contributed by atoms with Gasteiger partial charge in [0.2, 0.25) is 11.8 Å². The van der Waals surface area contributed by atoms with Crippen LogP contribution in [0.4, 0.5) is 5.95 Å². The van der Waals surface area contributed by atoms with Gasteiger partial charge >= 0.3 is 0 Å². The third-order valence-electron chi connectivity index (χ3n) is 1.88. The Kier molecular flexibility index (Phi) is 2.24. The van der Waals surface area contributed by atoms with Crippen molar-refractivity contribution in [2.45, 2.75) is 6.92 Å². The maximum absolute atomic E-state index is 5.56. The van der Waals surface area contributed by atoms with E-state index in [-0.39, 0.29) is 5.95 Å². The number of aromatic nitrogens is 4. The van der Waals surface area contributed by atoms with Crippen molar-refractivity contribution in [1.29, 1.82) is 0 Å². The van der Waals surface area contributed by atoms with Crippen molar-refractivity contribution in [2.75, 3.05) is 12.3 Å². The summed E-state index contributed by atoms with van der Waals surface area (Å²) in [5.41, 5.74) is 6.75. The number of ether oxygens (including phenoxy) is 1. The molecule has 0 amide bonds. The molecular formula is C9H11N5O. The van der Waals surface area contributed by atoms with Crippen LogP contribution >= 0.6 is 0 Å². The standard InChI is InChI=1S/C9H11N5O/c1-3-14-5-11-6-7(14)12-9(10)13-8(6)15-4-2/h3,5H,1,4H2,2H3,(H2,10,12,13). The predicted octanol–water partition coefficient (Wildman–Crippen LogP) is 0.908. The zero-order valence-corrected chi connectivity index (χ0v) is 8.34. The van der Waals surface area contributed by atoms with Crippen LogP contribution in [0.1, 0.15) is 6.92 Å². The first kappa shape index (κ1) is 9.45. The van der Waals surface area contributed by atoms with Gasteiger partial charge in [-0.15, -0.1) is 0 Å². The van der Waals surface area contributed by atoms with Crippen molar-refractivity contribution in [3.05, 3.63) is 12.9 Å². The Morgan fingerprint density at radius 2 is 2.40 bits per heavy atom. The second kappa shape index (κ2) is 3.56. The minimum Gasteiger partial charge on any atom is -0.476 e. The first-order valence-electron chi connectivity index (χ1n) is 4.51. The highest BCUT2D eigenvalue weighted by molar-refractivity contribution is 5.79. The van der Waals surface area contributed by atoms with Crippen LogP contribution in [0.3, 0.4) is 0 Å². The van der Waals surface area contributed by atoms with Crippen molar-refractivity contribution in [2.24, 2.45) is 0 Å². The Hall–Kier alpha value is -2.11. The molecule has 0 spiro atoms. The molecule has 2 aromatic rings. The number of fused-ring (bicyclic) bond motifs is 1. The number of anilines is 1. The monoisotopic (exact) mass is 205 g/mol. The van der Waals surface area contributed by atoms with Gasteiger partial charge in [0.05, 0.1) is 6.61 Å². The van der Waals surface area contributed by atoms with E-state index in [1.54, 1.807) is 17.1 Å². The van der Waals surface area contributed by atoms with E-state index in [0.717, 1.165) is 0 Å². The maximum Gasteiger partial charge on any atom is 0.247 e. The molecule has 0 aliphatic heterocycles. The van der Waals surface area contributed by atoms with Gasteiger partial charge < -0.3 is 10.5 Å². The lowest BCUT2D eigenvalue weighted by Crippen LogP contribution is -2.02. The summed E-state index contributed by atoms with van der Waals surface area (Å²) in [6.07, 6.45) is 3.19. The first-order chi connectivity index (χ1) is 7.26. The number of imidazole rings is 1. The van der Waals surface area contributed by atoms with E-state index in [4.69, 9.17) is 10.5 Å². The van der Waals surface area contributed by atoms with Gasteiger partial charge in [-0.25, -0.2) is 4.98 Å². The van der Waals surface area contributed by atoms with Crippen LogP contribution in [0.5, 0.6) is 5.88 Å². The summed E-state index contributed by atoms with van der Waals surface area (Å²) in [6, 6.07) is 0. The van der Waals surface area contributed by atoms with Crippen molar-refractivity contribution in [3.8, 4) is 5.88 Å². The van der Waals surface area contributed by atoms with Crippen molar-refractivity contribution >= 4 is 23.3 Å². The molecular weight excluding hydrogens is 194 g/mol. The fraction of sp³-hybridized carbons (Fsp3) is 0.222. The van der Waals surface area contributed by atoms with E-state index < -0.39 is 0 Å². The first-order valence-corrected chi connectivity index (χ1v) is 4.51. The second-order valence-electron chi connectivity index (χ2n) is 2.83. The molecule has 0 bridgehead atoms. The van der Waals surface area contributed by atoms with Gasteiger partial charge in [-0.05, 0) is 6.92 Å². The molecule has 0 radical (unpaired) electrons. The molecule has 0 aromatic carbocycles. The summed E-state index contributed by atoms with van der Waals surface area (Å²) in [7, 11) is 0. The Morgan fingerprint density at radius 3 is 3.07 bits per heavy atom. The lowest BCUT2D eigenvalue weighted by Gasteiger charge is -2.03. The van der Waals surface area contributed by atoms with Gasteiger partial charge in [0, 0.05) is 6.20 Å². The second-order valence-corrected chi connectivity index (χ2v) is 2.83. The van der Waals surface area contributed by atoms with Crippen LogP contribution < -0.4 is 10.5 Å². The fourth-order valence-corrected chi connectivity index (χ4v) is 1.28. The van der Waals surface area contributed by atoms with Crippen molar-refractivity contribution in [3.63, 3.8) is 0 Å². The van der Waals surface area contributed by atoms with E-state index in [2.05, 4.69) is 21.5 Å². The minimum atomic E-state index is 0.162. The third kappa shape index (κ3) is 1.50. The molecule has 2 N–H and O–H groups in total. The van der Waals surface area contributed by atoms with Gasteiger partial charge in [0.1, 0.15) is 6.33 Å². The summed E-state index contributed by atoms with van der Waals surface area (Å²) in [5.74, 6) is 0.565. The van der Waals surface area contributed by atoms with Gasteiger partial charge in [0.25, 0.3) is 0 Å². The summed E-state index contributed by atoms with van der Waals surface area (Å²) in [5, 5.41) is 0. The number of hydrogen-bond acceptors (Lipinski definition) is 5. The predicted molar refractivity (Wildman–Crippen MR) is 57.3 cm³/mol. The quantitative estimate of drug-likeness (QED) is 0.805. The van der Waals surface area contributed by atoms with E-state index in [1.165, 1.54) is 0 Å². The molecule has 0 saturated carbocycles. The van der Waals surface area contributed by atoms with Crippen LogP contribution in [-0.2, 0) is 0 Å². The normalized spacial score (nSPS) is 10.5. The SMILES string of the molecule is C=Cn1cnc2c(OCC)nc(N)nc21. The number of nitrogen functional groups attached to an aromatic ring is 1. The summed E-state index contributed by atoms with van der Waals surface area (Å²) < 4.78 is 6.98. The Labute approximate surface area is 86.4 Å². The highest BCUT2D eigenvalue weighted by atomic mass is 16.5. The Bertz CT molecular complexity index is 504. The lowest BCUT2D eigenvalue weighted by molar-refractivity contribution is 0.331. The average Bonchev–Trinajstić information content (AvgIpc) is 2.61. The van der Waals surface area contributed by atoms with Crippen molar-refractivity contribution in [1.82, 2.24) is 19.5 Å². The third-order valence-corrected chi connectivity index (χ3v) is 1.88. The zero-order valence-electron chi connectivity index (χ0n) is 8.34. The molecule has 2 aromatic heterocycles. The van der Waals surface area contributed by atoms with Crippen LogP contribution in [0.15, 0.2) is 12.9 Å². The molecule has 0 atom stereocenters. The molecule has 0 unspecified atom stereocenters. The van der Waals surface area contributed by atoms with E-state index in [1.807, 2.05) is 6.92 Å². The molecule has 0 fully saturated rings. The maximum atomic E-state index is 5.56. The zero-order chi connectivity index (χ0) is 10.8. The Balaban J connectivity index is 2.70. The van der Waals surface area contributed by atoms with Gasteiger partial charge in [-0.1, -0.05) is 6.58 Å². The number of nitrogens with zero attached hydrogens (tertiary/aromatic N) is 4. The van der Waals surface area contributed by atoms with Gasteiger partial charge in [0.15, 0.2) is 11.2 Å². The van der Waals surface area contributed by atoms with Crippen LogP contribution in [0, 0.1) is 0 Å². The fourth-order valence-electron chi connectivity index (χ4n) is 1.28. The molecule has 2 rings (SSSR count). The molecule has 15 heavy (non-hydrogen) atoms. The van der Waals surface area contributed by atoms with E-state index >= 15 is 0 Å². The largest absolute Gasteiger partial charge is 0.476 e. The summed E-state index contributed by atoms with van der Waals surface area (Å²) in [4.78, 5) is 12.2. The molecule has 0 aliphatic carbocycles. The van der Waals surface area contributed by atoms with Crippen LogP contribution in [0.2, 0.25) is 0 Å². The summed E-state index contributed by atoms with van der Waals surface area (Å²) in [6.45, 7) is 6.02. The highest BCUT2D eigenvalue weighted by Crippen LogP contribution is 2.21. The summed E-state index contributed by atoms with van der Waals surface area (Å²) >= 11 is 0. The Morgan fingerprint density at radius 1 is 1.60 bits per heavy atom. The molecule has 6 nitrogen and oxygen atoms in total. The molecule has 6 heteroatoms. The lowest BCUT2D eigenvalue weighted by atomic mass is 10.5. The van der Waals surface area contributed by atoms with Crippen LogP contribution in [-0.4, -0.2) is 26.1 Å². The highest BCUT2D eigenvalue weighted by Gasteiger charge is 2.11. The molecule has 0 saturated heterocycles. The molecule has 0 aliphatic rings. The number of hydrogen-bond donors (Lipinski definition) is 1. The van der Waals surface area contributed by atoms with Gasteiger partial charge in [-0.2, -0.15) is 9.97 Å².